The van der Waals surface area contributed by atoms with Crippen LogP contribution in [0.3, 0.4) is 0 Å². The number of rotatable bonds is 3. The van der Waals surface area contributed by atoms with Crippen LogP contribution < -0.4 is 0 Å². The number of hydrogen-bond donors (Lipinski definition) is 1. The molecule has 0 saturated carbocycles. The topological polar surface area (TPSA) is 23.5 Å². The van der Waals surface area contributed by atoms with E-state index in [0.29, 0.717) is 23.1 Å². The largest absolute Gasteiger partial charge is 0.508 e. The van der Waals surface area contributed by atoms with Crippen LogP contribution >= 0.6 is 0 Å². The van der Waals surface area contributed by atoms with Crippen LogP contribution in [0.25, 0.3) is 0 Å². The number of unbranched alkanes of at least 4 members (excludes halogenated alkanes) is 1. The van der Waals surface area contributed by atoms with Gasteiger partial charge in [-0.25, -0.2) is 0 Å². The van der Waals surface area contributed by atoms with Gasteiger partial charge in [-0.15, -0.1) is 0 Å². The summed E-state index contributed by atoms with van der Waals surface area (Å²) < 4.78 is 0. The Morgan fingerprint density at radius 3 is 2.95 bits per heavy atom. The van der Waals surface area contributed by atoms with Crippen LogP contribution in [0.1, 0.15) is 50.7 Å². The molecule has 3 atom stereocenters. The first-order chi connectivity index (χ1) is 9.58. The maximum Gasteiger partial charge on any atom is 0.115 e. The molecule has 0 amide bonds. The van der Waals surface area contributed by atoms with Gasteiger partial charge in [0.2, 0.25) is 0 Å². The molecule has 0 aromatic heterocycles. The summed E-state index contributed by atoms with van der Waals surface area (Å²) in [6, 6.07) is 6.74. The number of aromatic hydroxyl groups is 1. The van der Waals surface area contributed by atoms with E-state index in [1.165, 1.54) is 43.4 Å². The van der Waals surface area contributed by atoms with Crippen molar-refractivity contribution in [3.05, 3.63) is 29.3 Å². The van der Waals surface area contributed by atoms with E-state index in [1.54, 1.807) is 0 Å². The molecule has 1 aromatic carbocycles. The minimum atomic E-state index is 0.291. The molecule has 3 rings (SSSR count). The van der Waals surface area contributed by atoms with Gasteiger partial charge in [0.05, 0.1) is 0 Å². The molecular formula is C18H27NO. The lowest BCUT2D eigenvalue weighted by Gasteiger charge is -2.55. The maximum absolute atomic E-state index is 9.95. The van der Waals surface area contributed by atoms with E-state index >= 15 is 0 Å². The molecule has 1 saturated heterocycles. The van der Waals surface area contributed by atoms with Gasteiger partial charge >= 0.3 is 0 Å². The lowest BCUT2D eigenvalue weighted by atomic mass is 9.56. The number of likely N-dealkylation sites (tertiary alicyclic amines) is 1. The average molecular weight is 273 g/mol. The van der Waals surface area contributed by atoms with Crippen molar-refractivity contribution in [2.24, 2.45) is 5.92 Å². The zero-order valence-corrected chi connectivity index (χ0v) is 13.0. The van der Waals surface area contributed by atoms with Crippen molar-refractivity contribution < 1.29 is 5.11 Å². The number of benzene rings is 1. The van der Waals surface area contributed by atoms with E-state index in [0.717, 1.165) is 6.42 Å². The van der Waals surface area contributed by atoms with Gasteiger partial charge in [0.15, 0.2) is 0 Å². The van der Waals surface area contributed by atoms with Crippen molar-refractivity contribution in [2.45, 2.75) is 57.4 Å². The van der Waals surface area contributed by atoms with Gasteiger partial charge in [-0.2, -0.15) is 0 Å². The Hall–Kier alpha value is -1.02. The molecule has 2 heteroatoms. The second kappa shape index (κ2) is 5.07. The van der Waals surface area contributed by atoms with E-state index in [9.17, 15) is 5.11 Å². The lowest BCUT2D eigenvalue weighted by molar-refractivity contribution is 0.0346. The molecule has 1 fully saturated rings. The van der Waals surface area contributed by atoms with Crippen molar-refractivity contribution in [2.75, 3.05) is 13.6 Å². The van der Waals surface area contributed by atoms with Gasteiger partial charge in [-0.05, 0) is 62.0 Å². The highest BCUT2D eigenvalue weighted by molar-refractivity contribution is 5.44. The van der Waals surface area contributed by atoms with Gasteiger partial charge in [0, 0.05) is 11.5 Å². The Morgan fingerprint density at radius 1 is 1.40 bits per heavy atom. The Morgan fingerprint density at radius 2 is 2.20 bits per heavy atom. The molecule has 1 aromatic rings. The summed E-state index contributed by atoms with van der Waals surface area (Å²) >= 11 is 0. The molecule has 2 nitrogen and oxygen atoms in total. The van der Waals surface area contributed by atoms with Gasteiger partial charge < -0.3 is 10.0 Å². The smallest absolute Gasteiger partial charge is 0.115 e. The highest BCUT2D eigenvalue weighted by Gasteiger charge is 2.49. The molecule has 2 aliphatic rings. The summed E-state index contributed by atoms with van der Waals surface area (Å²) in [6.07, 6.45) is 6.18. The molecule has 1 aliphatic carbocycles. The van der Waals surface area contributed by atoms with Crippen molar-refractivity contribution in [1.29, 1.82) is 0 Å². The van der Waals surface area contributed by atoms with Crippen molar-refractivity contribution in [3.8, 4) is 5.75 Å². The van der Waals surface area contributed by atoms with Crippen molar-refractivity contribution in [3.63, 3.8) is 0 Å². The average Bonchev–Trinajstić information content (AvgIpc) is 2.43. The summed E-state index contributed by atoms with van der Waals surface area (Å²) in [5.41, 5.74) is 3.20. The summed E-state index contributed by atoms with van der Waals surface area (Å²) in [5, 5.41) is 9.95. The number of phenols is 1. The quantitative estimate of drug-likeness (QED) is 0.907. The van der Waals surface area contributed by atoms with Gasteiger partial charge in [0.1, 0.15) is 5.75 Å². The van der Waals surface area contributed by atoms with E-state index < -0.39 is 0 Å². The van der Waals surface area contributed by atoms with Gasteiger partial charge in [-0.3, -0.25) is 0 Å². The number of piperidine rings is 1. The molecular weight excluding hydrogens is 246 g/mol. The first-order valence-corrected chi connectivity index (χ1v) is 8.11. The number of phenolic OH excluding ortho intramolecular Hbond substituents is 1. The zero-order valence-electron chi connectivity index (χ0n) is 13.0. The number of hydrogen-bond acceptors (Lipinski definition) is 2. The highest BCUT2D eigenvalue weighted by atomic mass is 16.3. The van der Waals surface area contributed by atoms with E-state index in [2.05, 4.69) is 37.9 Å². The van der Waals surface area contributed by atoms with Gasteiger partial charge in [-0.1, -0.05) is 32.8 Å². The molecule has 0 radical (unpaired) electrons. The van der Waals surface area contributed by atoms with E-state index in [4.69, 9.17) is 0 Å². The van der Waals surface area contributed by atoms with Crippen molar-refractivity contribution >= 4 is 0 Å². The van der Waals surface area contributed by atoms with Crippen LogP contribution in [0, 0.1) is 5.92 Å². The number of likely N-dealkylation sites (N-methyl/N-ethyl adjacent to an activating group) is 1. The second-order valence-corrected chi connectivity index (χ2v) is 6.89. The predicted octanol–water partition coefficient (Wildman–Crippen LogP) is 3.72. The number of nitrogens with zero attached hydrogens (tertiary/aromatic N) is 1. The minimum Gasteiger partial charge on any atom is -0.508 e. The minimum absolute atomic E-state index is 0.291. The summed E-state index contributed by atoms with van der Waals surface area (Å²) in [6.45, 7) is 5.90. The van der Waals surface area contributed by atoms with Crippen LogP contribution in [-0.4, -0.2) is 29.6 Å². The summed E-state index contributed by atoms with van der Waals surface area (Å²) in [5.74, 6) is 1.12. The van der Waals surface area contributed by atoms with Crippen LogP contribution in [0.2, 0.25) is 0 Å². The predicted molar refractivity (Wildman–Crippen MR) is 83.2 cm³/mol. The third kappa shape index (κ3) is 1.96. The fraction of sp³-hybridized carbons (Fsp3) is 0.667. The van der Waals surface area contributed by atoms with Crippen LogP contribution in [0.15, 0.2) is 18.2 Å². The fourth-order valence-corrected chi connectivity index (χ4v) is 4.64. The lowest BCUT2D eigenvalue weighted by Crippen LogP contribution is -2.57. The maximum atomic E-state index is 9.95. The third-order valence-corrected chi connectivity index (χ3v) is 5.96. The zero-order chi connectivity index (χ0) is 14.3. The van der Waals surface area contributed by atoms with Gasteiger partial charge in [0.25, 0.3) is 0 Å². The summed E-state index contributed by atoms with van der Waals surface area (Å²) in [4.78, 5) is 2.55. The Kier molecular flexibility index (Phi) is 3.53. The van der Waals surface area contributed by atoms with Crippen LogP contribution in [0.5, 0.6) is 5.75 Å². The molecule has 1 heterocycles. The fourth-order valence-electron chi connectivity index (χ4n) is 4.64. The van der Waals surface area contributed by atoms with Crippen LogP contribution in [-0.2, 0) is 11.8 Å². The molecule has 110 valence electrons. The SMILES string of the molecule is CCCC[C@]12CCN(C)[C@H](Cc3ccc(O)cc31)[C@@H]2C. The standard InChI is InChI=1S/C18H27NO/c1-4-5-8-18-9-10-19(3)17(13(18)2)11-14-6-7-15(20)12-16(14)18/h6-7,12-13,17,20H,4-5,8-11H2,1-3H3/t13-,17+,18+/m0/s1. The Labute approximate surface area is 122 Å². The van der Waals surface area contributed by atoms with Crippen molar-refractivity contribution in [1.82, 2.24) is 4.90 Å². The highest BCUT2D eigenvalue weighted by Crippen LogP contribution is 2.51. The third-order valence-electron chi connectivity index (χ3n) is 5.96. The molecule has 1 aliphatic heterocycles. The Balaban J connectivity index is 2.10. The monoisotopic (exact) mass is 273 g/mol. The molecule has 2 bridgehead atoms. The van der Waals surface area contributed by atoms with E-state index in [1.807, 2.05) is 6.07 Å². The molecule has 20 heavy (non-hydrogen) atoms. The summed E-state index contributed by atoms with van der Waals surface area (Å²) in [7, 11) is 2.27. The normalized spacial score (nSPS) is 33.0. The van der Waals surface area contributed by atoms with Crippen LogP contribution in [0.4, 0.5) is 0 Å². The molecule has 0 spiro atoms. The molecule has 0 unspecified atom stereocenters. The number of fused-ring (bicyclic) bond motifs is 4. The van der Waals surface area contributed by atoms with E-state index in [-0.39, 0.29) is 0 Å². The Bertz CT molecular complexity index is 494. The first kappa shape index (κ1) is 13.9. The second-order valence-electron chi connectivity index (χ2n) is 6.89. The molecule has 1 N–H and O–H groups in total. The first-order valence-electron chi connectivity index (χ1n) is 8.11.